The second-order valence-corrected chi connectivity index (χ2v) is 10.2. The minimum Gasteiger partial charge on any atom is -0.456 e. The van der Waals surface area contributed by atoms with E-state index in [0.717, 1.165) is 33.3 Å². The van der Waals surface area contributed by atoms with E-state index in [-0.39, 0.29) is 0 Å². The SMILES string of the molecule is c1ccc(-n2c3ccccc3c3cc4c(cc32)c2ccc3oc5ccccc5c3c2n4-c2ccccc2)cc1. The molecule has 0 bridgehead atoms. The van der Waals surface area contributed by atoms with Gasteiger partial charge in [-0.2, -0.15) is 0 Å². The molecule has 6 aromatic carbocycles. The van der Waals surface area contributed by atoms with Crippen LogP contribution in [0.5, 0.6) is 0 Å². The van der Waals surface area contributed by atoms with Crippen LogP contribution in [0.1, 0.15) is 0 Å². The van der Waals surface area contributed by atoms with Crippen molar-refractivity contribution < 1.29 is 4.42 Å². The topological polar surface area (TPSA) is 23.0 Å². The normalized spacial score (nSPS) is 12.1. The molecule has 0 aliphatic carbocycles. The summed E-state index contributed by atoms with van der Waals surface area (Å²) in [5.41, 5.74) is 8.92. The zero-order valence-electron chi connectivity index (χ0n) is 21.0. The average Bonchev–Trinajstić information content (AvgIpc) is 3.64. The molecule has 3 heterocycles. The standard InChI is InChI=1S/C36H22N2O/c1-3-11-23(12-4-1)37-30-17-9-7-15-25(30)28-21-32-29(22-31(28)37)26-19-20-34-35(27-16-8-10-18-33(27)39-34)36(26)38(32)24-13-5-2-6-14-24/h1-22H. The van der Waals surface area contributed by atoms with Gasteiger partial charge >= 0.3 is 0 Å². The number of nitrogens with zero attached hydrogens (tertiary/aromatic N) is 2. The van der Waals surface area contributed by atoms with Crippen LogP contribution in [-0.2, 0) is 0 Å². The van der Waals surface area contributed by atoms with E-state index in [2.05, 4.69) is 137 Å². The highest BCUT2D eigenvalue weighted by Crippen LogP contribution is 2.43. The van der Waals surface area contributed by atoms with Gasteiger partial charge in [0.15, 0.2) is 0 Å². The molecule has 39 heavy (non-hydrogen) atoms. The fraction of sp³-hybridized carbons (Fsp3) is 0. The third-order valence-electron chi connectivity index (χ3n) is 8.09. The molecule has 9 rings (SSSR count). The fourth-order valence-corrected chi connectivity index (χ4v) is 6.47. The Hall–Kier alpha value is -5.28. The van der Waals surface area contributed by atoms with Crippen LogP contribution in [0.25, 0.3) is 76.9 Å². The van der Waals surface area contributed by atoms with E-state index in [4.69, 9.17) is 4.42 Å². The Bertz CT molecular complexity index is 2370. The molecule has 0 radical (unpaired) electrons. The van der Waals surface area contributed by atoms with Gasteiger partial charge in [0, 0.05) is 38.3 Å². The predicted octanol–water partition coefficient (Wildman–Crippen LogP) is 9.78. The lowest BCUT2D eigenvalue weighted by Crippen LogP contribution is -1.94. The van der Waals surface area contributed by atoms with Crippen molar-refractivity contribution in [3.05, 3.63) is 133 Å². The van der Waals surface area contributed by atoms with Crippen molar-refractivity contribution in [1.29, 1.82) is 0 Å². The molecule has 3 nitrogen and oxygen atoms in total. The summed E-state index contributed by atoms with van der Waals surface area (Å²) in [6.07, 6.45) is 0. The Kier molecular flexibility index (Phi) is 4.05. The van der Waals surface area contributed by atoms with Crippen LogP contribution in [0.15, 0.2) is 138 Å². The van der Waals surface area contributed by atoms with Gasteiger partial charge in [-0.25, -0.2) is 0 Å². The van der Waals surface area contributed by atoms with Crippen molar-refractivity contribution in [1.82, 2.24) is 9.13 Å². The Morgan fingerprint density at radius 3 is 1.74 bits per heavy atom. The highest BCUT2D eigenvalue weighted by molar-refractivity contribution is 6.26. The van der Waals surface area contributed by atoms with Gasteiger partial charge in [-0.15, -0.1) is 0 Å². The first kappa shape index (κ1) is 20.7. The van der Waals surface area contributed by atoms with E-state index in [1.165, 1.54) is 43.6 Å². The molecule has 0 aliphatic heterocycles. The van der Waals surface area contributed by atoms with E-state index < -0.39 is 0 Å². The van der Waals surface area contributed by atoms with Gasteiger partial charge in [0.2, 0.25) is 0 Å². The monoisotopic (exact) mass is 498 g/mol. The molecular formula is C36H22N2O. The summed E-state index contributed by atoms with van der Waals surface area (Å²) < 4.78 is 11.1. The number of hydrogen-bond donors (Lipinski definition) is 0. The van der Waals surface area contributed by atoms with Crippen molar-refractivity contribution >= 4 is 65.6 Å². The third-order valence-corrected chi connectivity index (χ3v) is 8.09. The van der Waals surface area contributed by atoms with Gasteiger partial charge in [0.1, 0.15) is 11.2 Å². The summed E-state index contributed by atoms with van der Waals surface area (Å²) in [6, 6.07) is 47.5. The van der Waals surface area contributed by atoms with Crippen molar-refractivity contribution in [2.75, 3.05) is 0 Å². The van der Waals surface area contributed by atoms with E-state index in [0.29, 0.717) is 0 Å². The number of benzene rings is 6. The maximum absolute atomic E-state index is 6.33. The van der Waals surface area contributed by atoms with Crippen molar-refractivity contribution in [3.63, 3.8) is 0 Å². The lowest BCUT2D eigenvalue weighted by molar-refractivity contribution is 0.669. The van der Waals surface area contributed by atoms with Gasteiger partial charge in [0.25, 0.3) is 0 Å². The number of fused-ring (bicyclic) bond motifs is 10. The van der Waals surface area contributed by atoms with Crippen molar-refractivity contribution in [2.24, 2.45) is 0 Å². The molecule has 0 amide bonds. The van der Waals surface area contributed by atoms with E-state index in [1.807, 2.05) is 6.07 Å². The minimum absolute atomic E-state index is 0.910. The molecule has 0 fully saturated rings. The summed E-state index contributed by atoms with van der Waals surface area (Å²) in [4.78, 5) is 0. The Balaban J connectivity index is 1.54. The molecule has 0 saturated heterocycles. The minimum atomic E-state index is 0.910. The summed E-state index contributed by atoms with van der Waals surface area (Å²) in [7, 11) is 0. The molecule has 182 valence electrons. The molecule has 0 spiro atoms. The van der Waals surface area contributed by atoms with Gasteiger partial charge < -0.3 is 13.6 Å². The second kappa shape index (κ2) is 7.62. The number of furan rings is 1. The Labute approximate surface area is 223 Å². The van der Waals surface area contributed by atoms with Crippen LogP contribution in [0.3, 0.4) is 0 Å². The molecule has 0 atom stereocenters. The second-order valence-electron chi connectivity index (χ2n) is 10.2. The number of aromatic nitrogens is 2. The number of hydrogen-bond acceptors (Lipinski definition) is 1. The van der Waals surface area contributed by atoms with Crippen LogP contribution in [0.2, 0.25) is 0 Å². The summed E-state index contributed by atoms with van der Waals surface area (Å²) >= 11 is 0. The highest BCUT2D eigenvalue weighted by atomic mass is 16.3. The largest absolute Gasteiger partial charge is 0.456 e. The first-order valence-electron chi connectivity index (χ1n) is 13.3. The van der Waals surface area contributed by atoms with Crippen LogP contribution >= 0.6 is 0 Å². The Morgan fingerprint density at radius 1 is 0.385 bits per heavy atom. The van der Waals surface area contributed by atoms with E-state index in [9.17, 15) is 0 Å². The average molecular weight is 499 g/mol. The first-order chi connectivity index (χ1) is 19.4. The van der Waals surface area contributed by atoms with Gasteiger partial charge in [-0.05, 0) is 60.7 Å². The van der Waals surface area contributed by atoms with Gasteiger partial charge in [-0.3, -0.25) is 0 Å². The van der Waals surface area contributed by atoms with Crippen molar-refractivity contribution in [3.8, 4) is 11.4 Å². The quantitative estimate of drug-likeness (QED) is 0.233. The molecular weight excluding hydrogens is 476 g/mol. The molecule has 3 aromatic heterocycles. The first-order valence-corrected chi connectivity index (χ1v) is 13.3. The summed E-state index contributed by atoms with van der Waals surface area (Å²) in [6.45, 7) is 0. The van der Waals surface area contributed by atoms with Crippen molar-refractivity contribution in [2.45, 2.75) is 0 Å². The molecule has 9 aromatic rings. The molecule has 0 N–H and O–H groups in total. The molecule has 0 aliphatic rings. The number of para-hydroxylation sites is 4. The van der Waals surface area contributed by atoms with E-state index in [1.54, 1.807) is 0 Å². The third kappa shape index (κ3) is 2.76. The zero-order valence-corrected chi connectivity index (χ0v) is 21.0. The maximum atomic E-state index is 6.33. The van der Waals surface area contributed by atoms with Crippen LogP contribution in [-0.4, -0.2) is 9.13 Å². The summed E-state index contributed by atoms with van der Waals surface area (Å²) in [5.74, 6) is 0. The van der Waals surface area contributed by atoms with Gasteiger partial charge in [0.05, 0.1) is 27.5 Å². The number of rotatable bonds is 2. The van der Waals surface area contributed by atoms with E-state index >= 15 is 0 Å². The molecule has 0 unspecified atom stereocenters. The molecule has 0 saturated carbocycles. The lowest BCUT2D eigenvalue weighted by atomic mass is 10.1. The smallest absolute Gasteiger partial charge is 0.137 e. The fourth-order valence-electron chi connectivity index (χ4n) is 6.47. The zero-order chi connectivity index (χ0) is 25.5. The molecule has 3 heteroatoms. The van der Waals surface area contributed by atoms with Crippen LogP contribution in [0, 0.1) is 0 Å². The van der Waals surface area contributed by atoms with Gasteiger partial charge in [-0.1, -0.05) is 72.8 Å². The summed E-state index contributed by atoms with van der Waals surface area (Å²) in [5, 5.41) is 7.25. The highest BCUT2D eigenvalue weighted by Gasteiger charge is 2.21. The maximum Gasteiger partial charge on any atom is 0.137 e. The Morgan fingerprint density at radius 2 is 0.974 bits per heavy atom. The predicted molar refractivity (Wildman–Crippen MR) is 162 cm³/mol. The van der Waals surface area contributed by atoms with Crippen LogP contribution in [0.4, 0.5) is 0 Å². The lowest BCUT2D eigenvalue weighted by Gasteiger charge is -2.09. The van der Waals surface area contributed by atoms with Crippen LogP contribution < -0.4 is 0 Å².